The van der Waals surface area contributed by atoms with Crippen molar-refractivity contribution in [1.29, 1.82) is 0 Å². The van der Waals surface area contributed by atoms with Crippen LogP contribution in [0.2, 0.25) is 5.02 Å². The van der Waals surface area contributed by atoms with E-state index in [4.69, 9.17) is 16.3 Å². The monoisotopic (exact) mass is 605 g/mol. The number of nitrogens with one attached hydrogen (secondary N) is 1. The Morgan fingerprint density at radius 1 is 0.857 bits per heavy atom. The van der Waals surface area contributed by atoms with E-state index in [2.05, 4.69) is 5.32 Å². The molecule has 0 bridgehead atoms. The molecule has 218 valence electrons. The van der Waals surface area contributed by atoms with Gasteiger partial charge in [-0.3, -0.25) is 13.9 Å². The molecule has 0 aliphatic rings. The molecule has 0 radical (unpaired) electrons. The summed E-state index contributed by atoms with van der Waals surface area (Å²) in [6, 6.07) is 29.8. The van der Waals surface area contributed by atoms with Gasteiger partial charge in [-0.1, -0.05) is 90.5 Å². The zero-order valence-corrected chi connectivity index (χ0v) is 24.9. The SMILES string of the molecule is CNC(=O)[C@H](Cc1ccccc1)N(Cc1ccccc1Cl)C(=O)CN(c1ccccc1OC)S(=O)(=O)c1ccccc1. The van der Waals surface area contributed by atoms with Crippen molar-refractivity contribution in [3.63, 3.8) is 0 Å². The van der Waals surface area contributed by atoms with E-state index in [1.807, 2.05) is 30.3 Å². The van der Waals surface area contributed by atoms with Crippen LogP contribution in [0.4, 0.5) is 5.69 Å². The van der Waals surface area contributed by atoms with E-state index in [1.165, 1.54) is 31.2 Å². The molecule has 1 N–H and O–H groups in total. The van der Waals surface area contributed by atoms with Crippen LogP contribution in [0.25, 0.3) is 0 Å². The van der Waals surface area contributed by atoms with E-state index >= 15 is 0 Å². The quantitative estimate of drug-likeness (QED) is 0.247. The third kappa shape index (κ3) is 7.10. The summed E-state index contributed by atoms with van der Waals surface area (Å²) >= 11 is 6.48. The Labute approximate surface area is 251 Å². The van der Waals surface area contributed by atoms with Gasteiger partial charge in [-0.15, -0.1) is 0 Å². The highest BCUT2D eigenvalue weighted by molar-refractivity contribution is 7.92. The minimum atomic E-state index is -4.23. The second-order valence-electron chi connectivity index (χ2n) is 9.43. The molecule has 8 nitrogen and oxygen atoms in total. The van der Waals surface area contributed by atoms with Crippen LogP contribution in [0.1, 0.15) is 11.1 Å². The van der Waals surface area contributed by atoms with Crippen LogP contribution in [0.5, 0.6) is 5.75 Å². The number of nitrogens with zero attached hydrogens (tertiary/aromatic N) is 2. The average Bonchev–Trinajstić information content (AvgIpc) is 3.02. The zero-order chi connectivity index (χ0) is 30.1. The molecule has 2 amide bonds. The predicted octanol–water partition coefficient (Wildman–Crippen LogP) is 4.93. The van der Waals surface area contributed by atoms with Crippen LogP contribution in [-0.2, 0) is 32.6 Å². The molecule has 0 fully saturated rings. The van der Waals surface area contributed by atoms with Gasteiger partial charge in [0.05, 0.1) is 17.7 Å². The molecule has 0 aliphatic heterocycles. The Bertz CT molecular complexity index is 1620. The van der Waals surface area contributed by atoms with Crippen LogP contribution in [0.3, 0.4) is 0 Å². The maximum atomic E-state index is 14.3. The first-order valence-corrected chi connectivity index (χ1v) is 15.1. The normalized spacial score (nSPS) is 11.8. The molecule has 4 rings (SSSR count). The third-order valence-corrected chi connectivity index (χ3v) is 8.92. The van der Waals surface area contributed by atoms with Gasteiger partial charge in [-0.2, -0.15) is 0 Å². The summed E-state index contributed by atoms with van der Waals surface area (Å²) in [7, 11) is -1.30. The fourth-order valence-corrected chi connectivity index (χ4v) is 6.24. The van der Waals surface area contributed by atoms with Crippen molar-refractivity contribution in [2.75, 3.05) is 25.0 Å². The molecule has 4 aromatic carbocycles. The zero-order valence-electron chi connectivity index (χ0n) is 23.3. The van der Waals surface area contributed by atoms with Gasteiger partial charge in [0.15, 0.2) is 0 Å². The number of amides is 2. The number of para-hydroxylation sites is 2. The summed E-state index contributed by atoms with van der Waals surface area (Å²) in [6.45, 7) is -0.612. The summed E-state index contributed by atoms with van der Waals surface area (Å²) in [6.07, 6.45) is 0.205. The van der Waals surface area contributed by atoms with Gasteiger partial charge in [0.25, 0.3) is 10.0 Å². The molecular formula is C32H32ClN3O5S. The van der Waals surface area contributed by atoms with Crippen LogP contribution >= 0.6 is 11.6 Å². The first-order chi connectivity index (χ1) is 20.3. The Morgan fingerprint density at radius 3 is 2.10 bits per heavy atom. The number of hydrogen-bond donors (Lipinski definition) is 1. The van der Waals surface area contributed by atoms with Crippen molar-refractivity contribution in [3.05, 3.63) is 125 Å². The number of carbonyl (C=O) groups is 2. The summed E-state index contributed by atoms with van der Waals surface area (Å²) < 4.78 is 34.5. The van der Waals surface area contributed by atoms with Gasteiger partial charge in [-0.25, -0.2) is 8.42 Å². The molecule has 0 heterocycles. The van der Waals surface area contributed by atoms with Crippen molar-refractivity contribution >= 4 is 39.1 Å². The van der Waals surface area contributed by atoms with Crippen LogP contribution < -0.4 is 14.4 Å². The Kier molecular flexibility index (Phi) is 10.2. The topological polar surface area (TPSA) is 96.0 Å². The lowest BCUT2D eigenvalue weighted by Crippen LogP contribution is -2.53. The highest BCUT2D eigenvalue weighted by atomic mass is 35.5. The van der Waals surface area contributed by atoms with Crippen LogP contribution in [-0.4, -0.2) is 51.9 Å². The molecule has 0 spiro atoms. The maximum Gasteiger partial charge on any atom is 0.264 e. The average molecular weight is 606 g/mol. The molecule has 4 aromatic rings. The van der Waals surface area contributed by atoms with E-state index in [1.54, 1.807) is 66.7 Å². The first kappa shape index (κ1) is 30.6. The smallest absolute Gasteiger partial charge is 0.264 e. The van der Waals surface area contributed by atoms with Gasteiger partial charge in [-0.05, 0) is 41.5 Å². The van der Waals surface area contributed by atoms with E-state index in [-0.39, 0.29) is 29.3 Å². The number of ether oxygens (including phenoxy) is 1. The highest BCUT2D eigenvalue weighted by Crippen LogP contribution is 2.32. The lowest BCUT2D eigenvalue weighted by Gasteiger charge is -2.34. The lowest BCUT2D eigenvalue weighted by molar-refractivity contribution is -0.139. The third-order valence-electron chi connectivity index (χ3n) is 6.78. The van der Waals surface area contributed by atoms with E-state index in [9.17, 15) is 18.0 Å². The van der Waals surface area contributed by atoms with Crippen molar-refractivity contribution in [1.82, 2.24) is 10.2 Å². The van der Waals surface area contributed by atoms with E-state index in [0.29, 0.717) is 10.6 Å². The Balaban J connectivity index is 1.82. The van der Waals surface area contributed by atoms with Crippen LogP contribution in [0.15, 0.2) is 114 Å². The first-order valence-electron chi connectivity index (χ1n) is 13.3. The van der Waals surface area contributed by atoms with E-state index < -0.39 is 34.4 Å². The van der Waals surface area contributed by atoms with Crippen molar-refractivity contribution < 1.29 is 22.7 Å². The minimum Gasteiger partial charge on any atom is -0.495 e. The molecule has 0 saturated carbocycles. The van der Waals surface area contributed by atoms with Gasteiger partial charge in [0.2, 0.25) is 11.8 Å². The minimum absolute atomic E-state index is 0.00787. The second kappa shape index (κ2) is 14.0. The standard InChI is InChI=1S/C32H32ClN3O5S/c1-34-32(38)29(21-24-13-5-3-6-14-24)35(22-25-15-9-10-18-27(25)33)31(37)23-36(28-19-11-12-20-30(28)41-2)42(39,40)26-16-7-4-8-17-26/h3-20,29H,21-23H2,1-2H3,(H,34,38)/t29-/m0/s1. The Morgan fingerprint density at radius 2 is 1.45 bits per heavy atom. The molecule has 1 atom stereocenters. The molecule has 10 heteroatoms. The highest BCUT2D eigenvalue weighted by Gasteiger charge is 2.35. The number of anilines is 1. The number of carbonyl (C=O) groups excluding carboxylic acids is 2. The van der Waals surface area contributed by atoms with E-state index in [0.717, 1.165) is 9.87 Å². The number of rotatable bonds is 12. The van der Waals surface area contributed by atoms with Gasteiger partial charge in [0, 0.05) is 25.0 Å². The fraction of sp³-hybridized carbons (Fsp3) is 0.188. The largest absolute Gasteiger partial charge is 0.495 e. The van der Waals surface area contributed by atoms with Crippen molar-refractivity contribution in [2.24, 2.45) is 0 Å². The number of hydrogen-bond acceptors (Lipinski definition) is 5. The summed E-state index contributed by atoms with van der Waals surface area (Å²) in [5.41, 5.74) is 1.64. The molecule has 0 saturated heterocycles. The summed E-state index contributed by atoms with van der Waals surface area (Å²) in [5, 5.41) is 3.08. The van der Waals surface area contributed by atoms with Crippen molar-refractivity contribution in [3.8, 4) is 5.75 Å². The molecular weight excluding hydrogens is 574 g/mol. The number of benzene rings is 4. The summed E-state index contributed by atoms with van der Waals surface area (Å²) in [5.74, 6) is -0.714. The molecule has 0 aromatic heterocycles. The number of likely N-dealkylation sites (N-methyl/N-ethyl adjacent to an activating group) is 1. The van der Waals surface area contributed by atoms with Gasteiger partial charge in [0.1, 0.15) is 18.3 Å². The van der Waals surface area contributed by atoms with Crippen molar-refractivity contribution in [2.45, 2.75) is 23.9 Å². The lowest BCUT2D eigenvalue weighted by atomic mass is 10.0. The van der Waals surface area contributed by atoms with Gasteiger partial charge >= 0.3 is 0 Å². The molecule has 0 aliphatic carbocycles. The van der Waals surface area contributed by atoms with Crippen LogP contribution in [0, 0.1) is 0 Å². The number of methoxy groups -OCH3 is 1. The predicted molar refractivity (Wildman–Crippen MR) is 164 cm³/mol. The van der Waals surface area contributed by atoms with Gasteiger partial charge < -0.3 is 15.0 Å². The summed E-state index contributed by atoms with van der Waals surface area (Å²) in [4.78, 5) is 29.0. The fourth-order valence-electron chi connectivity index (χ4n) is 4.60. The maximum absolute atomic E-state index is 14.3. The second-order valence-corrected chi connectivity index (χ2v) is 11.7. The molecule has 0 unspecified atom stereocenters. The number of halogens is 1. The number of sulfonamides is 1. The Hall–Kier alpha value is -4.34. The molecule has 42 heavy (non-hydrogen) atoms.